The van der Waals surface area contributed by atoms with Gasteiger partial charge in [-0.05, 0) is 12.8 Å². The summed E-state index contributed by atoms with van der Waals surface area (Å²) < 4.78 is 35.7. The van der Waals surface area contributed by atoms with Crippen LogP contribution in [0.15, 0.2) is 0 Å². The van der Waals surface area contributed by atoms with Crippen LogP contribution in [0, 0.1) is 0 Å². The molecule has 0 rings (SSSR count). The van der Waals surface area contributed by atoms with Crippen molar-refractivity contribution in [2.24, 2.45) is 0 Å². The Morgan fingerprint density at radius 3 is 1.10 bits per heavy atom. The molecule has 0 amide bonds. The molecule has 0 aliphatic rings. The molecule has 0 atom stereocenters. The van der Waals surface area contributed by atoms with Crippen LogP contribution in [-0.2, 0) is 5.11 Å². The second-order valence-electron chi connectivity index (χ2n) is 5.67. The molecule has 0 aromatic carbocycles. The van der Waals surface area contributed by atoms with E-state index in [0.717, 1.165) is 32.1 Å². The van der Waals surface area contributed by atoms with Gasteiger partial charge in [0, 0.05) is 6.42 Å². The summed E-state index contributed by atoms with van der Waals surface area (Å²) in [6.07, 6.45) is 8.81. The largest absolute Gasteiger partial charge is 0.389 e. The summed E-state index contributed by atoms with van der Waals surface area (Å²) in [5.41, 5.74) is 0. The van der Waals surface area contributed by atoms with E-state index in [0.29, 0.717) is 6.42 Å². The summed E-state index contributed by atoms with van der Waals surface area (Å²) in [6.45, 7) is 0.0585. The summed E-state index contributed by atoms with van der Waals surface area (Å²) >= 11 is 0. The van der Waals surface area contributed by atoms with E-state index in [9.17, 15) is 18.3 Å². The first-order valence-electron chi connectivity index (χ1n) is 8.21. The molecule has 0 N–H and O–H groups in total. The molecule has 0 aromatic rings. The number of alkyl halides is 3. The van der Waals surface area contributed by atoms with Crippen LogP contribution in [-0.4, -0.2) is 12.8 Å². The predicted molar refractivity (Wildman–Crippen MR) is 76.2 cm³/mol. The second kappa shape index (κ2) is 13.7. The third-order valence-corrected chi connectivity index (χ3v) is 3.60. The highest BCUT2D eigenvalue weighted by atomic mass is 19.4. The average molecular weight is 295 g/mol. The van der Waals surface area contributed by atoms with Crippen LogP contribution < -0.4 is 0 Å². The topological polar surface area (TPSA) is 19.9 Å². The molecular formula is C16H30F3O. The van der Waals surface area contributed by atoms with E-state index in [2.05, 4.69) is 0 Å². The molecule has 4 heteroatoms. The van der Waals surface area contributed by atoms with Crippen LogP contribution in [0.25, 0.3) is 0 Å². The Hall–Kier alpha value is -0.250. The van der Waals surface area contributed by atoms with Gasteiger partial charge >= 0.3 is 6.18 Å². The molecule has 0 saturated heterocycles. The number of hydrogen-bond acceptors (Lipinski definition) is 0. The summed E-state index contributed by atoms with van der Waals surface area (Å²) in [7, 11) is 0. The SMILES string of the molecule is [O]CCCCCCCCCCCCCCCC(F)(F)F. The van der Waals surface area contributed by atoms with Crippen LogP contribution in [0.4, 0.5) is 13.2 Å². The van der Waals surface area contributed by atoms with E-state index >= 15 is 0 Å². The molecule has 20 heavy (non-hydrogen) atoms. The molecule has 0 unspecified atom stereocenters. The maximum atomic E-state index is 11.9. The van der Waals surface area contributed by atoms with E-state index < -0.39 is 12.6 Å². The summed E-state index contributed by atoms with van der Waals surface area (Å²) in [5.74, 6) is 0. The summed E-state index contributed by atoms with van der Waals surface area (Å²) in [4.78, 5) is 0. The second-order valence-corrected chi connectivity index (χ2v) is 5.67. The first kappa shape index (κ1) is 19.8. The highest BCUT2D eigenvalue weighted by Crippen LogP contribution is 2.23. The van der Waals surface area contributed by atoms with E-state index in [1.165, 1.54) is 38.5 Å². The minimum atomic E-state index is -3.98. The molecule has 0 aromatic heterocycles. The van der Waals surface area contributed by atoms with Crippen LogP contribution in [0.1, 0.15) is 89.9 Å². The van der Waals surface area contributed by atoms with Crippen LogP contribution in [0.5, 0.6) is 0 Å². The van der Waals surface area contributed by atoms with E-state index in [1.54, 1.807) is 0 Å². The van der Waals surface area contributed by atoms with Gasteiger partial charge in [0.05, 0.1) is 6.61 Å². The molecule has 0 spiro atoms. The first-order valence-corrected chi connectivity index (χ1v) is 8.21. The fourth-order valence-corrected chi connectivity index (χ4v) is 2.37. The van der Waals surface area contributed by atoms with E-state index in [1.807, 2.05) is 0 Å². The average Bonchev–Trinajstić information content (AvgIpc) is 2.38. The van der Waals surface area contributed by atoms with Crippen molar-refractivity contribution in [3.8, 4) is 0 Å². The van der Waals surface area contributed by atoms with Crippen molar-refractivity contribution in [3.63, 3.8) is 0 Å². The van der Waals surface area contributed by atoms with Crippen LogP contribution in [0.2, 0.25) is 0 Å². The van der Waals surface area contributed by atoms with Gasteiger partial charge in [0.2, 0.25) is 0 Å². The molecular weight excluding hydrogens is 265 g/mol. The first-order chi connectivity index (χ1) is 9.56. The number of hydrogen-bond donors (Lipinski definition) is 0. The van der Waals surface area contributed by atoms with Crippen molar-refractivity contribution in [1.29, 1.82) is 0 Å². The molecule has 0 saturated carbocycles. The van der Waals surface area contributed by atoms with Crippen molar-refractivity contribution in [3.05, 3.63) is 0 Å². The van der Waals surface area contributed by atoms with Crippen molar-refractivity contribution in [2.45, 2.75) is 96.1 Å². The lowest BCUT2D eigenvalue weighted by atomic mass is 10.0. The molecule has 1 radical (unpaired) electrons. The lowest BCUT2D eigenvalue weighted by molar-refractivity contribution is -0.135. The Balaban J connectivity index is 2.99. The number of halogens is 3. The Labute approximate surface area is 122 Å². The Morgan fingerprint density at radius 2 is 0.800 bits per heavy atom. The standard InChI is InChI=1S/C16H30F3O/c17-16(18,19)14-12-10-8-6-4-2-1-3-5-7-9-11-13-15-20/h1-15H2. The molecule has 0 fully saturated rings. The summed E-state index contributed by atoms with van der Waals surface area (Å²) in [5, 5.41) is 10.2. The third kappa shape index (κ3) is 17.8. The van der Waals surface area contributed by atoms with Crippen LogP contribution in [0.3, 0.4) is 0 Å². The zero-order valence-corrected chi connectivity index (χ0v) is 12.6. The molecule has 0 aliphatic carbocycles. The van der Waals surface area contributed by atoms with Gasteiger partial charge < -0.3 is 0 Å². The van der Waals surface area contributed by atoms with Crippen LogP contribution >= 0.6 is 0 Å². The Bertz CT molecular complexity index is 193. The highest BCUT2D eigenvalue weighted by molar-refractivity contribution is 4.52. The quantitative estimate of drug-likeness (QED) is 0.329. The molecule has 0 bridgehead atoms. The zero-order valence-electron chi connectivity index (χ0n) is 12.6. The Morgan fingerprint density at radius 1 is 0.500 bits per heavy atom. The number of rotatable bonds is 14. The van der Waals surface area contributed by atoms with Gasteiger partial charge in [-0.2, -0.15) is 13.2 Å². The zero-order chi connectivity index (χ0) is 15.1. The van der Waals surface area contributed by atoms with Crippen molar-refractivity contribution in [1.82, 2.24) is 0 Å². The van der Waals surface area contributed by atoms with Gasteiger partial charge in [-0.1, -0.05) is 70.6 Å². The van der Waals surface area contributed by atoms with Gasteiger partial charge in [-0.3, -0.25) is 0 Å². The summed E-state index contributed by atoms with van der Waals surface area (Å²) in [6, 6.07) is 0. The van der Waals surface area contributed by atoms with Crippen molar-refractivity contribution < 1.29 is 18.3 Å². The maximum Gasteiger partial charge on any atom is 0.389 e. The van der Waals surface area contributed by atoms with Crippen molar-refractivity contribution in [2.75, 3.05) is 6.61 Å². The van der Waals surface area contributed by atoms with Crippen molar-refractivity contribution >= 4 is 0 Å². The lowest BCUT2D eigenvalue weighted by Crippen LogP contribution is -2.06. The highest BCUT2D eigenvalue weighted by Gasteiger charge is 2.25. The fraction of sp³-hybridized carbons (Fsp3) is 1.00. The molecule has 121 valence electrons. The van der Waals surface area contributed by atoms with Gasteiger partial charge in [0.1, 0.15) is 0 Å². The van der Waals surface area contributed by atoms with Gasteiger partial charge in [0.15, 0.2) is 0 Å². The smallest absolute Gasteiger partial charge is 0.237 e. The lowest BCUT2D eigenvalue weighted by Gasteiger charge is -2.05. The minimum absolute atomic E-state index is 0.0585. The third-order valence-electron chi connectivity index (χ3n) is 3.60. The molecule has 1 nitrogen and oxygen atoms in total. The normalized spacial score (nSPS) is 12.0. The predicted octanol–water partition coefficient (Wildman–Crippen LogP) is 6.44. The maximum absolute atomic E-state index is 11.9. The minimum Gasteiger partial charge on any atom is -0.237 e. The van der Waals surface area contributed by atoms with E-state index in [-0.39, 0.29) is 13.0 Å². The monoisotopic (exact) mass is 295 g/mol. The fourth-order valence-electron chi connectivity index (χ4n) is 2.37. The molecule has 0 aliphatic heterocycles. The van der Waals surface area contributed by atoms with E-state index in [4.69, 9.17) is 0 Å². The Kier molecular flexibility index (Phi) is 13.5. The van der Waals surface area contributed by atoms with Gasteiger partial charge in [0.25, 0.3) is 0 Å². The molecule has 0 heterocycles. The number of unbranched alkanes of at least 4 members (excludes halogenated alkanes) is 12. The van der Waals surface area contributed by atoms with Gasteiger partial charge in [-0.15, -0.1) is 0 Å². The van der Waals surface area contributed by atoms with Gasteiger partial charge in [-0.25, -0.2) is 5.11 Å².